The number of hydrogen-bond acceptors (Lipinski definition) is 8. The van der Waals surface area contributed by atoms with E-state index < -0.39 is 55.8 Å². The molecular weight excluding hydrogens is 324 g/mol. The number of aliphatic carboxylic acids is 2. The minimum Gasteiger partial charge on any atom is -0.480 e. The fraction of sp³-hybridized carbons (Fsp3) is 0.667. The molecule has 0 aromatic heterocycles. The first-order valence-corrected chi connectivity index (χ1v) is 7.74. The molecule has 20 heavy (non-hydrogen) atoms. The van der Waals surface area contributed by atoms with Gasteiger partial charge in [0.1, 0.15) is 23.6 Å². The fourth-order valence-electron chi connectivity index (χ4n) is 0.596. The van der Waals surface area contributed by atoms with Gasteiger partial charge in [-0.25, -0.2) is 0 Å². The molecule has 0 spiro atoms. The third-order valence-corrected chi connectivity index (χ3v) is 2.98. The lowest BCUT2D eigenvalue weighted by Crippen LogP contribution is -2.36. The van der Waals surface area contributed by atoms with Crippen molar-refractivity contribution in [2.24, 2.45) is 11.5 Å². The first-order valence-electron chi connectivity index (χ1n) is 4.53. The van der Waals surface area contributed by atoms with Gasteiger partial charge in [-0.1, -0.05) is 0 Å². The highest BCUT2D eigenvalue weighted by atomic mass is 32.2. The Kier molecular flexibility index (Phi) is 8.47. The Morgan fingerprint density at radius 1 is 0.800 bits per heavy atom. The molecule has 0 radical (unpaired) electrons. The van der Waals surface area contributed by atoms with E-state index in [1.165, 1.54) is 0 Å². The summed E-state index contributed by atoms with van der Waals surface area (Å²) in [5, 5.41) is 16.1. The van der Waals surface area contributed by atoms with E-state index in [-0.39, 0.29) is 0 Å². The van der Waals surface area contributed by atoms with Crippen LogP contribution < -0.4 is 11.5 Å². The van der Waals surface area contributed by atoms with Crippen LogP contribution in [0.3, 0.4) is 0 Å². The molecule has 2 atom stereocenters. The lowest BCUT2D eigenvalue weighted by Gasteiger charge is -2.01. The Hall–Kier alpha value is -1.32. The van der Waals surface area contributed by atoms with Crippen LogP contribution in [0, 0.1) is 0 Å². The summed E-state index contributed by atoms with van der Waals surface area (Å²) < 4.78 is 56.0. The molecule has 120 valence electrons. The summed E-state index contributed by atoms with van der Waals surface area (Å²) in [6, 6.07) is -3.12. The lowest BCUT2D eigenvalue weighted by molar-refractivity contribution is -0.138. The largest absolute Gasteiger partial charge is 0.480 e. The van der Waals surface area contributed by atoms with Crippen molar-refractivity contribution in [2.45, 2.75) is 12.1 Å². The van der Waals surface area contributed by atoms with E-state index in [1.54, 1.807) is 0 Å². The van der Waals surface area contributed by atoms with Crippen molar-refractivity contribution < 1.29 is 45.7 Å². The van der Waals surface area contributed by atoms with Crippen molar-refractivity contribution >= 4 is 32.2 Å². The minimum atomic E-state index is -4.27. The summed E-state index contributed by atoms with van der Waals surface area (Å²) in [7, 11) is -8.55. The van der Waals surface area contributed by atoms with Crippen molar-refractivity contribution in [1.29, 1.82) is 0 Å². The SMILES string of the molecule is NC(CS(=O)(=O)O)C(=O)O.N[C@@H](CS(=O)(=O)O)C(=O)O. The van der Waals surface area contributed by atoms with E-state index in [0.29, 0.717) is 0 Å². The zero-order chi connectivity index (χ0) is 16.7. The van der Waals surface area contributed by atoms with Gasteiger partial charge in [-0.2, -0.15) is 16.8 Å². The van der Waals surface area contributed by atoms with E-state index in [2.05, 4.69) is 0 Å². The smallest absolute Gasteiger partial charge is 0.321 e. The topological polar surface area (TPSA) is 235 Å². The second-order valence-corrected chi connectivity index (χ2v) is 6.38. The van der Waals surface area contributed by atoms with Crippen molar-refractivity contribution in [2.75, 3.05) is 11.5 Å². The molecule has 0 rings (SSSR count). The standard InChI is InChI=1S/2C3H7NO5S/c2*4-2(3(5)6)1-10(7,8)9/h2*2H,1,4H2,(H,5,6)(H,7,8,9)/t2-;/m0./s1. The molecule has 0 aliphatic rings. The first kappa shape index (κ1) is 21.0. The number of hydrogen-bond donors (Lipinski definition) is 6. The van der Waals surface area contributed by atoms with Gasteiger partial charge in [0.15, 0.2) is 0 Å². The van der Waals surface area contributed by atoms with Gasteiger partial charge in [-0.05, 0) is 0 Å². The molecule has 0 aromatic rings. The third-order valence-electron chi connectivity index (χ3n) is 1.41. The first-order chi connectivity index (χ1) is 8.65. The summed E-state index contributed by atoms with van der Waals surface area (Å²) in [6.07, 6.45) is 0. The van der Waals surface area contributed by atoms with Crippen LogP contribution in [-0.2, 0) is 29.8 Å². The van der Waals surface area contributed by atoms with Gasteiger partial charge in [-0.3, -0.25) is 18.7 Å². The van der Waals surface area contributed by atoms with E-state index >= 15 is 0 Å². The Labute approximate surface area is 113 Å². The number of nitrogens with two attached hydrogens (primary N) is 2. The normalized spacial score (nSPS) is 14.6. The van der Waals surface area contributed by atoms with Gasteiger partial charge in [-0.15, -0.1) is 0 Å². The predicted molar refractivity (Wildman–Crippen MR) is 64.1 cm³/mol. The summed E-state index contributed by atoms with van der Waals surface area (Å²) >= 11 is 0. The molecule has 0 heterocycles. The Balaban J connectivity index is 0. The molecule has 12 nitrogen and oxygen atoms in total. The van der Waals surface area contributed by atoms with Gasteiger partial charge < -0.3 is 21.7 Å². The van der Waals surface area contributed by atoms with Gasteiger partial charge in [0.05, 0.1) is 0 Å². The van der Waals surface area contributed by atoms with E-state index in [9.17, 15) is 26.4 Å². The van der Waals surface area contributed by atoms with Crippen LogP contribution in [0.4, 0.5) is 0 Å². The van der Waals surface area contributed by atoms with Crippen LogP contribution in [0.1, 0.15) is 0 Å². The second kappa shape index (κ2) is 8.08. The summed E-state index contributed by atoms with van der Waals surface area (Å²) in [5.74, 6) is -4.83. The van der Waals surface area contributed by atoms with Gasteiger partial charge in [0.2, 0.25) is 0 Å². The maximum atomic E-state index is 9.96. The molecular formula is C6H14N2O10S2. The van der Waals surface area contributed by atoms with E-state index in [1.807, 2.05) is 0 Å². The molecule has 1 unspecified atom stereocenters. The number of carbonyl (C=O) groups is 2. The van der Waals surface area contributed by atoms with E-state index in [0.717, 1.165) is 0 Å². The molecule has 14 heteroatoms. The van der Waals surface area contributed by atoms with Crippen LogP contribution in [0.2, 0.25) is 0 Å². The molecule has 0 aliphatic carbocycles. The summed E-state index contributed by atoms with van der Waals surface area (Å²) in [4.78, 5) is 19.8. The Morgan fingerprint density at radius 3 is 1.05 bits per heavy atom. The van der Waals surface area contributed by atoms with Crippen LogP contribution >= 0.6 is 0 Å². The van der Waals surface area contributed by atoms with Gasteiger partial charge in [0.25, 0.3) is 20.2 Å². The molecule has 0 bridgehead atoms. The van der Waals surface area contributed by atoms with Crippen molar-refractivity contribution in [3.05, 3.63) is 0 Å². The Bertz CT molecular complexity index is 488. The zero-order valence-electron chi connectivity index (χ0n) is 9.78. The second-order valence-electron chi connectivity index (χ2n) is 3.39. The number of carboxylic acid groups (broad SMARTS) is 2. The minimum absolute atomic E-state index is 0.956. The van der Waals surface area contributed by atoms with Crippen molar-refractivity contribution in [1.82, 2.24) is 0 Å². The van der Waals surface area contributed by atoms with Crippen LogP contribution in [0.25, 0.3) is 0 Å². The quantitative estimate of drug-likeness (QED) is 0.259. The van der Waals surface area contributed by atoms with Gasteiger partial charge in [0, 0.05) is 0 Å². The highest BCUT2D eigenvalue weighted by Gasteiger charge is 2.19. The van der Waals surface area contributed by atoms with Gasteiger partial charge >= 0.3 is 11.9 Å². The van der Waals surface area contributed by atoms with E-state index in [4.69, 9.17) is 30.8 Å². The van der Waals surface area contributed by atoms with Crippen LogP contribution in [0.5, 0.6) is 0 Å². The average Bonchev–Trinajstić information content (AvgIpc) is 2.12. The molecule has 0 aromatic carbocycles. The number of rotatable bonds is 6. The molecule has 0 amide bonds. The lowest BCUT2D eigenvalue weighted by atomic mass is 10.4. The predicted octanol–water partition coefficient (Wildman–Crippen LogP) is -3.43. The average molecular weight is 338 g/mol. The van der Waals surface area contributed by atoms with Crippen molar-refractivity contribution in [3.8, 4) is 0 Å². The zero-order valence-corrected chi connectivity index (χ0v) is 11.4. The summed E-state index contributed by atoms with van der Waals surface area (Å²) in [6.45, 7) is 0. The highest BCUT2D eigenvalue weighted by molar-refractivity contribution is 7.86. The van der Waals surface area contributed by atoms with Crippen LogP contribution in [-0.4, -0.2) is 71.7 Å². The molecule has 0 aliphatic heterocycles. The monoisotopic (exact) mass is 338 g/mol. The third kappa shape index (κ3) is 14.7. The molecule has 0 saturated carbocycles. The van der Waals surface area contributed by atoms with Crippen molar-refractivity contribution in [3.63, 3.8) is 0 Å². The maximum Gasteiger partial charge on any atom is 0.321 e. The molecule has 0 saturated heterocycles. The Morgan fingerprint density at radius 2 is 1.00 bits per heavy atom. The van der Waals surface area contributed by atoms with Crippen LogP contribution in [0.15, 0.2) is 0 Å². The highest BCUT2D eigenvalue weighted by Crippen LogP contribution is 1.87. The maximum absolute atomic E-state index is 9.96. The summed E-state index contributed by atoms with van der Waals surface area (Å²) in [5.41, 5.74) is 9.53. The fourth-order valence-corrected chi connectivity index (χ4v) is 1.79. The number of carboxylic acids is 2. The molecule has 0 fully saturated rings. The molecule has 8 N–H and O–H groups in total.